The Kier molecular flexibility index (Phi) is 5.54. The minimum Gasteiger partial charge on any atom is -0.381 e. The Morgan fingerprint density at radius 3 is 2.80 bits per heavy atom. The van der Waals surface area contributed by atoms with Crippen molar-refractivity contribution in [2.45, 2.75) is 25.4 Å². The van der Waals surface area contributed by atoms with Crippen LogP contribution in [0, 0.1) is 17.7 Å². The molecule has 1 fully saturated rings. The third kappa shape index (κ3) is 4.31. The van der Waals surface area contributed by atoms with Crippen molar-refractivity contribution in [3.05, 3.63) is 35.1 Å². The number of nitrogens with zero attached hydrogens (tertiary/aromatic N) is 1. The van der Waals surface area contributed by atoms with Gasteiger partial charge in [0.2, 0.25) is 0 Å². The lowest BCUT2D eigenvalue weighted by atomic mass is 10.1. The van der Waals surface area contributed by atoms with Gasteiger partial charge in [-0.3, -0.25) is 4.90 Å². The Hall–Kier alpha value is -1.41. The SMILES string of the molecule is CN(Cc1cc(F)cc(C#CCN)c1)C1CCOCC1. The predicted octanol–water partition coefficient (Wildman–Crippen LogP) is 1.75. The minimum atomic E-state index is -0.246. The highest BCUT2D eigenvalue weighted by Crippen LogP contribution is 2.17. The van der Waals surface area contributed by atoms with Gasteiger partial charge in [0, 0.05) is 31.4 Å². The topological polar surface area (TPSA) is 38.5 Å². The maximum Gasteiger partial charge on any atom is 0.124 e. The highest BCUT2D eigenvalue weighted by molar-refractivity contribution is 5.38. The van der Waals surface area contributed by atoms with Crippen molar-refractivity contribution < 1.29 is 9.13 Å². The summed E-state index contributed by atoms with van der Waals surface area (Å²) in [6.45, 7) is 2.63. The molecule has 20 heavy (non-hydrogen) atoms. The molecule has 0 bridgehead atoms. The van der Waals surface area contributed by atoms with Gasteiger partial charge in [-0.15, -0.1) is 0 Å². The molecule has 1 heterocycles. The number of halogens is 1. The first kappa shape index (κ1) is 15.0. The van der Waals surface area contributed by atoms with Crippen LogP contribution in [0.1, 0.15) is 24.0 Å². The van der Waals surface area contributed by atoms with Crippen LogP contribution in [-0.4, -0.2) is 37.7 Å². The van der Waals surface area contributed by atoms with Crippen molar-refractivity contribution in [3.63, 3.8) is 0 Å². The minimum absolute atomic E-state index is 0.246. The zero-order valence-electron chi connectivity index (χ0n) is 11.9. The summed E-state index contributed by atoms with van der Waals surface area (Å²) in [6.07, 6.45) is 2.07. The fourth-order valence-electron chi connectivity index (χ4n) is 2.51. The van der Waals surface area contributed by atoms with Gasteiger partial charge in [0.25, 0.3) is 0 Å². The summed E-state index contributed by atoms with van der Waals surface area (Å²) < 4.78 is 19.0. The molecule has 1 aliphatic heterocycles. The normalized spacial score (nSPS) is 16.0. The van der Waals surface area contributed by atoms with Gasteiger partial charge in [0.05, 0.1) is 6.54 Å². The van der Waals surface area contributed by atoms with Crippen LogP contribution in [0.25, 0.3) is 0 Å². The van der Waals surface area contributed by atoms with Crippen LogP contribution >= 0.6 is 0 Å². The Bertz CT molecular complexity index is 501. The first-order valence-electron chi connectivity index (χ1n) is 6.95. The molecule has 0 unspecified atom stereocenters. The third-order valence-corrected chi connectivity index (χ3v) is 3.54. The smallest absolute Gasteiger partial charge is 0.124 e. The molecule has 0 spiro atoms. The molecule has 0 aliphatic carbocycles. The molecule has 0 amide bonds. The lowest BCUT2D eigenvalue weighted by Gasteiger charge is -2.31. The average molecular weight is 276 g/mol. The summed E-state index contributed by atoms with van der Waals surface area (Å²) in [6, 6.07) is 5.46. The molecule has 3 nitrogen and oxygen atoms in total. The molecule has 1 aromatic carbocycles. The van der Waals surface area contributed by atoms with E-state index in [1.807, 2.05) is 6.07 Å². The number of hydrogen-bond donors (Lipinski definition) is 1. The first-order chi connectivity index (χ1) is 9.69. The summed E-state index contributed by atoms with van der Waals surface area (Å²) in [5.74, 6) is 5.40. The van der Waals surface area contributed by atoms with E-state index in [-0.39, 0.29) is 12.4 Å². The van der Waals surface area contributed by atoms with Crippen molar-refractivity contribution in [2.24, 2.45) is 5.73 Å². The summed E-state index contributed by atoms with van der Waals surface area (Å²) in [5, 5.41) is 0. The zero-order chi connectivity index (χ0) is 14.4. The fourth-order valence-corrected chi connectivity index (χ4v) is 2.51. The number of rotatable bonds is 3. The molecule has 0 radical (unpaired) electrons. The van der Waals surface area contributed by atoms with Crippen molar-refractivity contribution in [2.75, 3.05) is 26.8 Å². The number of ether oxygens (including phenoxy) is 1. The van der Waals surface area contributed by atoms with Crippen LogP contribution < -0.4 is 5.73 Å². The highest BCUT2D eigenvalue weighted by Gasteiger charge is 2.18. The lowest BCUT2D eigenvalue weighted by Crippen LogP contribution is -2.36. The molecule has 0 aromatic heterocycles. The molecule has 2 N–H and O–H groups in total. The first-order valence-corrected chi connectivity index (χ1v) is 6.95. The largest absolute Gasteiger partial charge is 0.381 e. The van der Waals surface area contributed by atoms with Crippen molar-refractivity contribution >= 4 is 0 Å². The zero-order valence-corrected chi connectivity index (χ0v) is 11.9. The Morgan fingerprint density at radius 1 is 1.35 bits per heavy atom. The van der Waals surface area contributed by atoms with Gasteiger partial charge in [-0.2, -0.15) is 0 Å². The molecule has 0 atom stereocenters. The molecule has 1 aliphatic rings. The number of nitrogens with two attached hydrogens (primary N) is 1. The van der Waals surface area contributed by atoms with E-state index in [4.69, 9.17) is 10.5 Å². The quantitative estimate of drug-likeness (QED) is 0.855. The van der Waals surface area contributed by atoms with Gasteiger partial charge in [-0.1, -0.05) is 11.8 Å². The van der Waals surface area contributed by atoms with Gasteiger partial charge in [0.1, 0.15) is 5.82 Å². The summed E-state index contributed by atoms with van der Waals surface area (Å²) in [4.78, 5) is 2.26. The van der Waals surface area contributed by atoms with Crippen LogP contribution in [0.5, 0.6) is 0 Å². The predicted molar refractivity (Wildman–Crippen MR) is 77.6 cm³/mol. The molecular formula is C16H21FN2O. The molecule has 108 valence electrons. The van der Waals surface area contributed by atoms with Crippen molar-refractivity contribution in [1.29, 1.82) is 0 Å². The summed E-state index contributed by atoms with van der Waals surface area (Å²) in [5.41, 5.74) is 6.97. The lowest BCUT2D eigenvalue weighted by molar-refractivity contribution is 0.0406. The Morgan fingerprint density at radius 2 is 2.10 bits per heavy atom. The Balaban J connectivity index is 2.06. The Labute approximate surface area is 119 Å². The van der Waals surface area contributed by atoms with E-state index < -0.39 is 0 Å². The molecule has 1 saturated heterocycles. The van der Waals surface area contributed by atoms with Crippen molar-refractivity contribution in [3.8, 4) is 11.8 Å². The van der Waals surface area contributed by atoms with Crippen LogP contribution in [0.3, 0.4) is 0 Å². The maximum absolute atomic E-state index is 13.6. The second-order valence-corrected chi connectivity index (χ2v) is 5.11. The monoisotopic (exact) mass is 276 g/mol. The van der Waals surface area contributed by atoms with Crippen LogP contribution in [0.15, 0.2) is 18.2 Å². The van der Waals surface area contributed by atoms with E-state index in [0.717, 1.165) is 38.2 Å². The van der Waals surface area contributed by atoms with Gasteiger partial charge < -0.3 is 10.5 Å². The van der Waals surface area contributed by atoms with E-state index >= 15 is 0 Å². The second kappa shape index (κ2) is 7.39. The van der Waals surface area contributed by atoms with E-state index in [1.165, 1.54) is 6.07 Å². The summed E-state index contributed by atoms with van der Waals surface area (Å²) >= 11 is 0. The average Bonchev–Trinajstić information content (AvgIpc) is 2.45. The molecular weight excluding hydrogens is 255 g/mol. The van der Waals surface area contributed by atoms with Crippen LogP contribution in [-0.2, 0) is 11.3 Å². The number of hydrogen-bond acceptors (Lipinski definition) is 3. The van der Waals surface area contributed by atoms with Crippen molar-refractivity contribution in [1.82, 2.24) is 4.90 Å². The van der Waals surface area contributed by atoms with Gasteiger partial charge in [-0.05, 0) is 43.7 Å². The number of benzene rings is 1. The van der Waals surface area contributed by atoms with E-state index in [9.17, 15) is 4.39 Å². The van der Waals surface area contributed by atoms with Gasteiger partial charge in [-0.25, -0.2) is 4.39 Å². The second-order valence-electron chi connectivity index (χ2n) is 5.11. The summed E-state index contributed by atoms with van der Waals surface area (Å²) in [7, 11) is 2.08. The highest BCUT2D eigenvalue weighted by atomic mass is 19.1. The molecule has 1 aromatic rings. The molecule has 2 rings (SSSR count). The molecule has 4 heteroatoms. The third-order valence-electron chi connectivity index (χ3n) is 3.54. The molecule has 0 saturated carbocycles. The van der Waals surface area contributed by atoms with E-state index in [1.54, 1.807) is 6.07 Å². The van der Waals surface area contributed by atoms with Crippen LogP contribution in [0.4, 0.5) is 4.39 Å². The van der Waals surface area contributed by atoms with Gasteiger partial charge in [0.15, 0.2) is 0 Å². The maximum atomic E-state index is 13.6. The fraction of sp³-hybridized carbons (Fsp3) is 0.500. The van der Waals surface area contributed by atoms with E-state index in [0.29, 0.717) is 11.6 Å². The standard InChI is InChI=1S/C16H21FN2O/c1-19(16-4-7-20-8-5-16)12-14-9-13(3-2-6-18)10-15(17)11-14/h9-11,16H,4-8,12,18H2,1H3. The van der Waals surface area contributed by atoms with E-state index in [2.05, 4.69) is 23.8 Å². The van der Waals surface area contributed by atoms with Crippen LogP contribution in [0.2, 0.25) is 0 Å². The van der Waals surface area contributed by atoms with Gasteiger partial charge >= 0.3 is 0 Å².